The van der Waals surface area contributed by atoms with Gasteiger partial charge in [-0.05, 0) is 74.0 Å². The summed E-state index contributed by atoms with van der Waals surface area (Å²) in [4.78, 5) is 2.68. The van der Waals surface area contributed by atoms with Gasteiger partial charge in [-0.1, -0.05) is 18.6 Å². The van der Waals surface area contributed by atoms with Gasteiger partial charge in [0.05, 0.1) is 0 Å². The van der Waals surface area contributed by atoms with E-state index in [1.165, 1.54) is 68.4 Å². The Morgan fingerprint density at radius 1 is 1.29 bits per heavy atom. The van der Waals surface area contributed by atoms with Crippen molar-refractivity contribution in [2.75, 3.05) is 18.0 Å². The number of anilines is 1. The highest BCUT2D eigenvalue weighted by molar-refractivity contribution is 5.57. The Hall–Kier alpha value is -1.02. The minimum Gasteiger partial charge on any atom is -0.371 e. The molecule has 2 nitrogen and oxygen atoms in total. The van der Waals surface area contributed by atoms with E-state index in [4.69, 9.17) is 5.73 Å². The number of hydrogen-bond acceptors (Lipinski definition) is 2. The molecular formula is C19H28N2. The summed E-state index contributed by atoms with van der Waals surface area (Å²) >= 11 is 0. The van der Waals surface area contributed by atoms with Gasteiger partial charge < -0.3 is 10.6 Å². The van der Waals surface area contributed by atoms with Crippen LogP contribution in [0.25, 0.3) is 0 Å². The predicted octanol–water partition coefficient (Wildman–Crippen LogP) is 3.90. The minimum atomic E-state index is 0.149. The number of nitrogens with two attached hydrogens (primary N) is 1. The molecule has 2 aliphatic carbocycles. The summed E-state index contributed by atoms with van der Waals surface area (Å²) in [6.45, 7) is 4.63. The maximum Gasteiger partial charge on any atom is 0.0399 e. The van der Waals surface area contributed by atoms with Crippen molar-refractivity contribution in [3.05, 3.63) is 29.3 Å². The highest BCUT2D eigenvalue weighted by Gasteiger charge is 2.40. The van der Waals surface area contributed by atoms with Gasteiger partial charge in [0.25, 0.3) is 0 Å². The quantitative estimate of drug-likeness (QED) is 0.912. The van der Waals surface area contributed by atoms with Gasteiger partial charge in [0.2, 0.25) is 0 Å². The van der Waals surface area contributed by atoms with Crippen LogP contribution in [0, 0.1) is 17.8 Å². The van der Waals surface area contributed by atoms with E-state index < -0.39 is 0 Å². The fourth-order valence-electron chi connectivity index (χ4n) is 5.05. The Morgan fingerprint density at radius 3 is 2.90 bits per heavy atom. The molecule has 1 aromatic carbocycles. The molecule has 3 aliphatic rings. The second-order valence-electron chi connectivity index (χ2n) is 7.66. The van der Waals surface area contributed by atoms with Crippen molar-refractivity contribution in [3.63, 3.8) is 0 Å². The summed E-state index contributed by atoms with van der Waals surface area (Å²) in [6.07, 6.45) is 8.55. The van der Waals surface area contributed by atoms with Gasteiger partial charge in [0.15, 0.2) is 0 Å². The molecule has 2 saturated carbocycles. The second kappa shape index (κ2) is 5.31. The molecule has 2 N–H and O–H groups in total. The third-order valence-electron chi connectivity index (χ3n) is 6.18. The van der Waals surface area contributed by atoms with E-state index in [0.717, 1.165) is 17.8 Å². The van der Waals surface area contributed by atoms with Crippen molar-refractivity contribution >= 4 is 5.69 Å². The van der Waals surface area contributed by atoms with Crippen LogP contribution in [0.2, 0.25) is 0 Å². The smallest absolute Gasteiger partial charge is 0.0399 e. The molecule has 2 heteroatoms. The van der Waals surface area contributed by atoms with Gasteiger partial charge in [-0.2, -0.15) is 0 Å². The number of benzene rings is 1. The van der Waals surface area contributed by atoms with Crippen LogP contribution in [0.3, 0.4) is 0 Å². The molecule has 0 spiro atoms. The average Bonchev–Trinajstić information content (AvgIpc) is 3.09. The van der Waals surface area contributed by atoms with E-state index in [2.05, 4.69) is 30.0 Å². The molecular weight excluding hydrogens is 256 g/mol. The number of nitrogens with zero attached hydrogens (tertiary/aromatic N) is 1. The van der Waals surface area contributed by atoms with Crippen molar-refractivity contribution in [2.24, 2.45) is 23.5 Å². The lowest BCUT2D eigenvalue weighted by molar-refractivity contribution is 0.332. The van der Waals surface area contributed by atoms with E-state index in [9.17, 15) is 0 Å². The van der Waals surface area contributed by atoms with Crippen molar-refractivity contribution in [2.45, 2.75) is 51.5 Å². The SMILES string of the molecule is CC(N)c1ccc2c(c1)CCCN2CC1CC2CCC1C2. The molecule has 1 heterocycles. The zero-order chi connectivity index (χ0) is 14.4. The number of hydrogen-bond donors (Lipinski definition) is 1. The number of aryl methyl sites for hydroxylation is 1. The topological polar surface area (TPSA) is 29.3 Å². The van der Waals surface area contributed by atoms with Crippen LogP contribution in [0.1, 0.15) is 56.2 Å². The van der Waals surface area contributed by atoms with Crippen molar-refractivity contribution < 1.29 is 0 Å². The molecule has 0 saturated heterocycles. The van der Waals surface area contributed by atoms with E-state index >= 15 is 0 Å². The maximum absolute atomic E-state index is 6.04. The Labute approximate surface area is 128 Å². The van der Waals surface area contributed by atoms with Crippen molar-refractivity contribution in [1.82, 2.24) is 0 Å². The van der Waals surface area contributed by atoms with E-state index in [0.29, 0.717) is 0 Å². The predicted molar refractivity (Wildman–Crippen MR) is 88.5 cm³/mol. The number of rotatable bonds is 3. The van der Waals surface area contributed by atoms with Gasteiger partial charge in [0.1, 0.15) is 0 Å². The van der Waals surface area contributed by atoms with E-state index in [-0.39, 0.29) is 6.04 Å². The summed E-state index contributed by atoms with van der Waals surface area (Å²) < 4.78 is 0. The molecule has 4 atom stereocenters. The normalized spacial score (nSPS) is 32.3. The summed E-state index contributed by atoms with van der Waals surface area (Å²) in [5.41, 5.74) is 10.3. The lowest BCUT2D eigenvalue weighted by Crippen LogP contribution is -2.35. The van der Waals surface area contributed by atoms with Gasteiger partial charge >= 0.3 is 0 Å². The molecule has 2 bridgehead atoms. The summed E-state index contributed by atoms with van der Waals surface area (Å²) in [5.74, 6) is 3.05. The van der Waals surface area contributed by atoms with Crippen LogP contribution in [0.4, 0.5) is 5.69 Å². The Bertz CT molecular complexity index is 522. The van der Waals surface area contributed by atoms with E-state index in [1.807, 2.05) is 0 Å². The van der Waals surface area contributed by atoms with Gasteiger partial charge in [-0.3, -0.25) is 0 Å². The van der Waals surface area contributed by atoms with E-state index in [1.54, 1.807) is 0 Å². The second-order valence-corrected chi connectivity index (χ2v) is 7.66. The summed E-state index contributed by atoms with van der Waals surface area (Å²) in [6, 6.07) is 7.08. The molecule has 4 rings (SSSR count). The fourth-order valence-corrected chi connectivity index (χ4v) is 5.05. The molecule has 0 aromatic heterocycles. The largest absolute Gasteiger partial charge is 0.371 e. The maximum atomic E-state index is 6.04. The van der Waals surface area contributed by atoms with Crippen molar-refractivity contribution in [3.8, 4) is 0 Å². The average molecular weight is 284 g/mol. The summed E-state index contributed by atoms with van der Waals surface area (Å²) in [5, 5.41) is 0. The first-order chi connectivity index (χ1) is 10.2. The Balaban J connectivity index is 1.53. The first kappa shape index (κ1) is 13.6. The van der Waals surface area contributed by atoms with Gasteiger partial charge in [0, 0.05) is 24.8 Å². The molecule has 2 fully saturated rings. The standard InChI is InChI=1S/C19H28N2/c1-13(20)15-6-7-19-17(11-15)3-2-8-21(19)12-18-10-14-4-5-16(18)9-14/h6-7,11,13-14,16,18H,2-5,8-10,12,20H2,1H3. The monoisotopic (exact) mass is 284 g/mol. The van der Waals surface area contributed by atoms with Gasteiger partial charge in [-0.15, -0.1) is 0 Å². The van der Waals surface area contributed by atoms with Crippen LogP contribution < -0.4 is 10.6 Å². The van der Waals surface area contributed by atoms with Crippen LogP contribution in [0.5, 0.6) is 0 Å². The highest BCUT2D eigenvalue weighted by atomic mass is 15.1. The third kappa shape index (κ3) is 2.48. The minimum absolute atomic E-state index is 0.149. The zero-order valence-corrected chi connectivity index (χ0v) is 13.2. The lowest BCUT2D eigenvalue weighted by Gasteiger charge is -2.36. The fraction of sp³-hybridized carbons (Fsp3) is 0.684. The van der Waals surface area contributed by atoms with Crippen molar-refractivity contribution in [1.29, 1.82) is 0 Å². The molecule has 0 amide bonds. The van der Waals surface area contributed by atoms with Crippen LogP contribution in [-0.4, -0.2) is 13.1 Å². The molecule has 114 valence electrons. The molecule has 1 aliphatic heterocycles. The number of fused-ring (bicyclic) bond motifs is 3. The lowest BCUT2D eigenvalue weighted by atomic mass is 9.87. The highest BCUT2D eigenvalue weighted by Crippen LogP contribution is 2.49. The summed E-state index contributed by atoms with van der Waals surface area (Å²) in [7, 11) is 0. The third-order valence-corrected chi connectivity index (χ3v) is 6.18. The first-order valence-corrected chi connectivity index (χ1v) is 8.84. The molecule has 1 aromatic rings. The molecule has 4 unspecified atom stereocenters. The Kier molecular flexibility index (Phi) is 3.45. The Morgan fingerprint density at radius 2 is 2.19 bits per heavy atom. The molecule has 21 heavy (non-hydrogen) atoms. The van der Waals surface area contributed by atoms with Crippen LogP contribution >= 0.6 is 0 Å². The van der Waals surface area contributed by atoms with Crippen LogP contribution in [0.15, 0.2) is 18.2 Å². The first-order valence-electron chi connectivity index (χ1n) is 8.84. The van der Waals surface area contributed by atoms with Gasteiger partial charge in [-0.25, -0.2) is 0 Å². The zero-order valence-electron chi connectivity index (χ0n) is 13.2. The molecule has 0 radical (unpaired) electrons. The van der Waals surface area contributed by atoms with Crippen LogP contribution in [-0.2, 0) is 6.42 Å².